The Bertz CT molecular complexity index is 480. The van der Waals surface area contributed by atoms with Crippen molar-refractivity contribution in [2.24, 2.45) is 0 Å². The van der Waals surface area contributed by atoms with Gasteiger partial charge in [-0.15, -0.1) is 0 Å². The summed E-state index contributed by atoms with van der Waals surface area (Å²) in [5.74, 6) is 0. The van der Waals surface area contributed by atoms with Gasteiger partial charge in [0.15, 0.2) is 0 Å². The van der Waals surface area contributed by atoms with E-state index in [2.05, 4.69) is 17.4 Å². The minimum absolute atomic E-state index is 0.724. The van der Waals surface area contributed by atoms with Crippen LogP contribution in [-0.2, 0) is 6.42 Å². The van der Waals surface area contributed by atoms with Crippen LogP contribution in [0.4, 0.5) is 17.1 Å². The summed E-state index contributed by atoms with van der Waals surface area (Å²) in [5.41, 5.74) is 15.2. The van der Waals surface area contributed by atoms with Gasteiger partial charge in [0.05, 0.1) is 11.4 Å². The Morgan fingerprint density at radius 3 is 2.47 bits per heavy atom. The molecule has 0 bridgehead atoms. The number of rotatable bonds is 4. The molecular formula is C14H17N3. The second kappa shape index (κ2) is 5.25. The van der Waals surface area contributed by atoms with E-state index in [9.17, 15) is 0 Å². The Morgan fingerprint density at radius 1 is 0.941 bits per heavy atom. The molecule has 0 unspecified atom stereocenters. The molecular weight excluding hydrogens is 210 g/mol. The summed E-state index contributed by atoms with van der Waals surface area (Å²) in [4.78, 5) is 0. The summed E-state index contributed by atoms with van der Waals surface area (Å²) >= 11 is 0. The van der Waals surface area contributed by atoms with Crippen LogP contribution in [0.1, 0.15) is 5.56 Å². The molecule has 0 aliphatic heterocycles. The molecule has 17 heavy (non-hydrogen) atoms. The number of nitrogens with one attached hydrogen (secondary N) is 1. The van der Waals surface area contributed by atoms with Gasteiger partial charge in [-0.2, -0.15) is 0 Å². The van der Waals surface area contributed by atoms with Crippen LogP contribution in [0.3, 0.4) is 0 Å². The van der Waals surface area contributed by atoms with Gasteiger partial charge in [-0.05, 0) is 30.2 Å². The van der Waals surface area contributed by atoms with Crippen LogP contribution < -0.4 is 16.8 Å². The first-order chi connectivity index (χ1) is 8.25. The second-order valence-corrected chi connectivity index (χ2v) is 4.01. The highest BCUT2D eigenvalue weighted by atomic mass is 14.9. The molecule has 0 aliphatic carbocycles. The standard InChI is InChI=1S/C14H17N3/c15-12-6-7-13(16)14(10-12)17-9-8-11-4-2-1-3-5-11/h1-7,10,17H,8-9,15-16H2. The van der Waals surface area contributed by atoms with Crippen molar-refractivity contribution in [2.45, 2.75) is 6.42 Å². The summed E-state index contributed by atoms with van der Waals surface area (Å²) in [6.07, 6.45) is 0.967. The van der Waals surface area contributed by atoms with Crippen LogP contribution in [0.15, 0.2) is 48.5 Å². The second-order valence-electron chi connectivity index (χ2n) is 4.01. The van der Waals surface area contributed by atoms with E-state index < -0.39 is 0 Å². The van der Waals surface area contributed by atoms with Gasteiger partial charge >= 0.3 is 0 Å². The first kappa shape index (κ1) is 11.3. The Morgan fingerprint density at radius 2 is 1.71 bits per heavy atom. The highest BCUT2D eigenvalue weighted by Gasteiger charge is 1.99. The average molecular weight is 227 g/mol. The number of hydrogen-bond donors (Lipinski definition) is 3. The van der Waals surface area contributed by atoms with Gasteiger partial charge in [-0.25, -0.2) is 0 Å². The van der Waals surface area contributed by atoms with Gasteiger partial charge in [0.1, 0.15) is 0 Å². The van der Waals surface area contributed by atoms with Crippen LogP contribution in [-0.4, -0.2) is 6.54 Å². The Balaban J connectivity index is 1.92. The highest BCUT2D eigenvalue weighted by Crippen LogP contribution is 2.20. The van der Waals surface area contributed by atoms with Crippen molar-refractivity contribution < 1.29 is 0 Å². The SMILES string of the molecule is Nc1ccc(N)c(NCCc2ccccc2)c1. The van der Waals surface area contributed by atoms with Gasteiger partial charge in [0.2, 0.25) is 0 Å². The fourth-order valence-corrected chi connectivity index (χ4v) is 1.71. The minimum Gasteiger partial charge on any atom is -0.399 e. The monoisotopic (exact) mass is 227 g/mol. The van der Waals surface area contributed by atoms with Crippen molar-refractivity contribution in [1.29, 1.82) is 0 Å². The van der Waals surface area contributed by atoms with E-state index in [1.165, 1.54) is 5.56 Å². The third-order valence-corrected chi connectivity index (χ3v) is 2.65. The van der Waals surface area contributed by atoms with E-state index in [1.54, 1.807) is 6.07 Å². The van der Waals surface area contributed by atoms with Crippen molar-refractivity contribution in [3.05, 3.63) is 54.1 Å². The summed E-state index contributed by atoms with van der Waals surface area (Å²) in [6, 6.07) is 15.8. The van der Waals surface area contributed by atoms with Crippen LogP contribution in [0, 0.1) is 0 Å². The lowest BCUT2D eigenvalue weighted by Gasteiger charge is -2.10. The highest BCUT2D eigenvalue weighted by molar-refractivity contribution is 5.70. The molecule has 0 spiro atoms. The zero-order valence-corrected chi connectivity index (χ0v) is 9.69. The quantitative estimate of drug-likeness (QED) is 0.703. The normalized spacial score (nSPS) is 10.1. The van der Waals surface area contributed by atoms with Crippen LogP contribution in [0.25, 0.3) is 0 Å². The van der Waals surface area contributed by atoms with Gasteiger partial charge in [-0.1, -0.05) is 30.3 Å². The molecule has 0 atom stereocenters. The molecule has 0 fully saturated rings. The zero-order chi connectivity index (χ0) is 12.1. The number of nitrogen functional groups attached to an aromatic ring is 2. The smallest absolute Gasteiger partial charge is 0.0594 e. The van der Waals surface area contributed by atoms with Crippen molar-refractivity contribution in [3.63, 3.8) is 0 Å². The summed E-state index contributed by atoms with van der Waals surface area (Å²) in [6.45, 7) is 0.845. The summed E-state index contributed by atoms with van der Waals surface area (Å²) < 4.78 is 0. The van der Waals surface area contributed by atoms with Crippen molar-refractivity contribution in [3.8, 4) is 0 Å². The van der Waals surface area contributed by atoms with Crippen LogP contribution >= 0.6 is 0 Å². The molecule has 0 heterocycles. The lowest BCUT2D eigenvalue weighted by molar-refractivity contribution is 1.02. The molecule has 2 aromatic carbocycles. The number of hydrogen-bond acceptors (Lipinski definition) is 3. The number of anilines is 3. The molecule has 2 rings (SSSR count). The Labute approximate surface area is 101 Å². The van der Waals surface area contributed by atoms with E-state index in [-0.39, 0.29) is 0 Å². The third-order valence-electron chi connectivity index (χ3n) is 2.65. The number of benzene rings is 2. The zero-order valence-electron chi connectivity index (χ0n) is 9.69. The average Bonchev–Trinajstić information content (AvgIpc) is 2.35. The predicted molar refractivity (Wildman–Crippen MR) is 73.9 cm³/mol. The van der Waals surface area contributed by atoms with E-state index >= 15 is 0 Å². The molecule has 0 aliphatic rings. The molecule has 0 saturated heterocycles. The third kappa shape index (κ3) is 3.14. The summed E-state index contributed by atoms with van der Waals surface area (Å²) in [7, 11) is 0. The fourth-order valence-electron chi connectivity index (χ4n) is 1.71. The molecule has 0 saturated carbocycles. The van der Waals surface area contributed by atoms with Crippen LogP contribution in [0.2, 0.25) is 0 Å². The fraction of sp³-hybridized carbons (Fsp3) is 0.143. The van der Waals surface area contributed by atoms with Gasteiger partial charge in [0, 0.05) is 12.2 Å². The van der Waals surface area contributed by atoms with E-state index in [0.717, 1.165) is 30.0 Å². The van der Waals surface area contributed by atoms with Crippen molar-refractivity contribution in [1.82, 2.24) is 0 Å². The maximum absolute atomic E-state index is 5.85. The van der Waals surface area contributed by atoms with Gasteiger partial charge in [-0.3, -0.25) is 0 Å². The number of nitrogens with two attached hydrogens (primary N) is 2. The van der Waals surface area contributed by atoms with Gasteiger partial charge in [0.25, 0.3) is 0 Å². The minimum atomic E-state index is 0.724. The molecule has 3 heteroatoms. The topological polar surface area (TPSA) is 64.1 Å². The predicted octanol–water partition coefficient (Wildman–Crippen LogP) is 2.51. The molecule has 2 aromatic rings. The molecule has 0 amide bonds. The largest absolute Gasteiger partial charge is 0.399 e. The lowest BCUT2D eigenvalue weighted by atomic mass is 10.1. The van der Waals surface area contributed by atoms with E-state index in [0.29, 0.717) is 0 Å². The first-order valence-electron chi connectivity index (χ1n) is 5.68. The molecule has 3 nitrogen and oxygen atoms in total. The molecule has 0 radical (unpaired) electrons. The Kier molecular flexibility index (Phi) is 3.50. The maximum atomic E-state index is 5.85. The molecule has 5 N–H and O–H groups in total. The molecule has 0 aromatic heterocycles. The van der Waals surface area contributed by atoms with Crippen molar-refractivity contribution in [2.75, 3.05) is 23.3 Å². The first-order valence-corrected chi connectivity index (χ1v) is 5.68. The summed E-state index contributed by atoms with van der Waals surface area (Å²) in [5, 5.41) is 3.30. The Hall–Kier alpha value is -2.16. The van der Waals surface area contributed by atoms with Crippen molar-refractivity contribution >= 4 is 17.1 Å². The van der Waals surface area contributed by atoms with E-state index in [1.807, 2.05) is 30.3 Å². The lowest BCUT2D eigenvalue weighted by Crippen LogP contribution is -2.07. The maximum Gasteiger partial charge on any atom is 0.0594 e. The van der Waals surface area contributed by atoms with Gasteiger partial charge < -0.3 is 16.8 Å². The van der Waals surface area contributed by atoms with E-state index in [4.69, 9.17) is 11.5 Å². The molecule has 88 valence electrons. The van der Waals surface area contributed by atoms with Crippen LogP contribution in [0.5, 0.6) is 0 Å².